The van der Waals surface area contributed by atoms with E-state index in [-0.39, 0.29) is 41.9 Å². The van der Waals surface area contributed by atoms with Gasteiger partial charge in [-0.05, 0) is 120 Å². The van der Waals surface area contributed by atoms with Crippen LogP contribution in [0.3, 0.4) is 0 Å². The summed E-state index contributed by atoms with van der Waals surface area (Å²) in [6, 6.07) is 29.6. The zero-order valence-electron chi connectivity index (χ0n) is 39.5. The minimum absolute atomic E-state index is 0.0566. The molecular formula is C54H52N6O9S2. The molecule has 6 N–H and O–H groups in total. The maximum atomic E-state index is 14.1. The van der Waals surface area contributed by atoms with Crippen molar-refractivity contribution in [3.63, 3.8) is 0 Å². The first-order valence-electron chi connectivity index (χ1n) is 22.8. The summed E-state index contributed by atoms with van der Waals surface area (Å²) in [5, 5.41) is 41.1. The molecule has 17 heteroatoms. The van der Waals surface area contributed by atoms with Crippen LogP contribution in [0.5, 0.6) is 17.2 Å². The molecule has 71 heavy (non-hydrogen) atoms. The summed E-state index contributed by atoms with van der Waals surface area (Å²) in [5.74, 6) is -1.70. The number of likely N-dealkylation sites (tertiary alicyclic amines) is 1. The number of aliphatic hydroxyl groups excluding tert-OH is 1. The molecule has 0 saturated carbocycles. The zero-order chi connectivity index (χ0) is 50.6. The highest BCUT2D eigenvalue weighted by Crippen LogP contribution is 2.41. The van der Waals surface area contributed by atoms with Gasteiger partial charge in [0.25, 0.3) is 11.8 Å². The van der Waals surface area contributed by atoms with Crippen molar-refractivity contribution in [2.45, 2.75) is 65.3 Å². The Kier molecular flexibility index (Phi) is 14.8. The SMILES string of the molecule is Cc1ncsc1-c1ccc([C@H](C)NC(=O)[C@@H]2C[C@@H](O)CN2C(=O)[C@@H](NC(=O)COc2ccc(/C=N/NC(=O)c3ccc(C(=O)c4c(-c5ccc(O)cc5)sc5cc(O)ccc45)cc3)cc2)C(C)(C)C)cc1. The number of thiophene rings is 1. The van der Waals surface area contributed by atoms with Crippen LogP contribution in [0.25, 0.3) is 31.0 Å². The molecule has 0 aliphatic carbocycles. The van der Waals surface area contributed by atoms with Crippen LogP contribution < -0.4 is 20.8 Å². The van der Waals surface area contributed by atoms with E-state index in [2.05, 4.69) is 26.1 Å². The summed E-state index contributed by atoms with van der Waals surface area (Å²) in [7, 11) is 0. The Bertz CT molecular complexity index is 3130. The molecule has 2 aromatic heterocycles. The Morgan fingerprint density at radius 1 is 0.845 bits per heavy atom. The molecule has 8 rings (SSSR count). The van der Waals surface area contributed by atoms with Crippen LogP contribution in [0.2, 0.25) is 0 Å². The van der Waals surface area contributed by atoms with Crippen LogP contribution in [0, 0.1) is 12.3 Å². The van der Waals surface area contributed by atoms with Crippen LogP contribution in [0.15, 0.2) is 126 Å². The minimum atomic E-state index is -1.04. The van der Waals surface area contributed by atoms with Gasteiger partial charge < -0.3 is 35.6 Å². The van der Waals surface area contributed by atoms with Gasteiger partial charge in [-0.25, -0.2) is 10.4 Å². The van der Waals surface area contributed by atoms with Crippen molar-refractivity contribution in [3.8, 4) is 38.1 Å². The number of fused-ring (bicyclic) bond motifs is 1. The second-order valence-electron chi connectivity index (χ2n) is 18.4. The number of aryl methyl sites for hydroxylation is 1. The monoisotopic (exact) mass is 992 g/mol. The number of hydrogen-bond donors (Lipinski definition) is 6. The molecule has 0 unspecified atom stereocenters. The van der Waals surface area contributed by atoms with Crippen molar-refractivity contribution in [3.05, 3.63) is 154 Å². The topological polar surface area (TPSA) is 220 Å². The first-order valence-corrected chi connectivity index (χ1v) is 24.5. The van der Waals surface area contributed by atoms with Crippen LogP contribution >= 0.6 is 22.7 Å². The molecule has 0 bridgehead atoms. The molecule has 0 spiro atoms. The second kappa shape index (κ2) is 21.1. The Morgan fingerprint density at radius 3 is 2.15 bits per heavy atom. The summed E-state index contributed by atoms with van der Waals surface area (Å²) in [6.07, 6.45) is 0.571. The third-order valence-electron chi connectivity index (χ3n) is 12.1. The summed E-state index contributed by atoms with van der Waals surface area (Å²) in [5.41, 5.74) is 8.79. The zero-order valence-corrected chi connectivity index (χ0v) is 41.1. The Balaban J connectivity index is 0.829. The van der Waals surface area contributed by atoms with Gasteiger partial charge in [0.2, 0.25) is 11.8 Å². The van der Waals surface area contributed by atoms with Gasteiger partial charge >= 0.3 is 0 Å². The number of phenolic OH excluding ortho intramolecular Hbond substituents is 2. The van der Waals surface area contributed by atoms with E-state index in [1.54, 1.807) is 110 Å². The molecule has 1 fully saturated rings. The summed E-state index contributed by atoms with van der Waals surface area (Å²) in [4.78, 5) is 75.5. The van der Waals surface area contributed by atoms with E-state index in [0.29, 0.717) is 32.7 Å². The molecular weight excluding hydrogens is 941 g/mol. The maximum Gasteiger partial charge on any atom is 0.271 e. The number of carbonyl (C=O) groups excluding carboxylic acids is 5. The Labute approximate surface area is 417 Å². The maximum absolute atomic E-state index is 14.1. The predicted molar refractivity (Wildman–Crippen MR) is 274 cm³/mol. The van der Waals surface area contributed by atoms with Crippen molar-refractivity contribution < 1.29 is 44.0 Å². The fourth-order valence-corrected chi connectivity index (χ4v) is 10.3. The number of thiazole rings is 1. The molecule has 364 valence electrons. The predicted octanol–water partition coefficient (Wildman–Crippen LogP) is 8.16. The number of aromatic hydroxyl groups is 2. The number of β-amino-alcohol motifs (C(OH)–C–C–N with tert-alkyl or cyclic N) is 1. The molecule has 1 aliphatic heterocycles. The van der Waals surface area contributed by atoms with Gasteiger partial charge in [-0.2, -0.15) is 5.10 Å². The van der Waals surface area contributed by atoms with Crippen molar-refractivity contribution in [1.29, 1.82) is 0 Å². The first kappa shape index (κ1) is 49.7. The standard InChI is InChI=1S/C54H52N6O9S2/c1-30(33-8-12-35(13-9-33)48-31(2)55-29-70-48)57-52(67)43-24-40(63)27-60(43)53(68)50(54(3,4)5)58-45(64)28-69-41-21-6-32(7-22-41)26-56-59-51(66)37-14-10-34(11-15-37)47(65)46-42-23-20-39(62)25-44(42)71-49(46)36-16-18-38(61)19-17-36/h6-23,25-26,29-30,40,43,50,61-63H,24,27-28H2,1-5H3,(H,57,67)(H,58,64)(H,59,66)/b56-26+/t30-,40+,43-,50+/m0/s1. The van der Waals surface area contributed by atoms with Gasteiger partial charge in [0.1, 0.15) is 29.3 Å². The molecule has 15 nitrogen and oxygen atoms in total. The van der Waals surface area contributed by atoms with Crippen molar-refractivity contribution >= 4 is 68.4 Å². The van der Waals surface area contributed by atoms with Crippen LogP contribution in [-0.4, -0.2) is 92.2 Å². The number of rotatable bonds is 15. The fraction of sp³-hybridized carbons (Fsp3) is 0.241. The lowest BCUT2D eigenvalue weighted by Crippen LogP contribution is -2.58. The molecule has 0 radical (unpaired) electrons. The van der Waals surface area contributed by atoms with E-state index in [9.17, 15) is 39.3 Å². The first-order chi connectivity index (χ1) is 33.9. The van der Waals surface area contributed by atoms with E-state index in [1.807, 2.05) is 38.1 Å². The van der Waals surface area contributed by atoms with E-state index in [4.69, 9.17) is 4.74 Å². The molecule has 4 atom stereocenters. The summed E-state index contributed by atoms with van der Waals surface area (Å²) in [6.45, 7) is 8.76. The van der Waals surface area contributed by atoms with Crippen molar-refractivity contribution in [2.75, 3.05) is 13.2 Å². The van der Waals surface area contributed by atoms with Gasteiger partial charge in [-0.3, -0.25) is 24.0 Å². The van der Waals surface area contributed by atoms with Gasteiger partial charge in [0.15, 0.2) is 12.4 Å². The molecule has 4 amide bonds. The average molecular weight is 993 g/mol. The molecule has 7 aromatic rings. The number of nitrogens with one attached hydrogen (secondary N) is 3. The average Bonchev–Trinajstić information content (AvgIpc) is 4.08. The molecule has 1 aliphatic rings. The van der Waals surface area contributed by atoms with Crippen LogP contribution in [-0.2, 0) is 14.4 Å². The smallest absolute Gasteiger partial charge is 0.271 e. The largest absolute Gasteiger partial charge is 0.508 e. The summed E-state index contributed by atoms with van der Waals surface area (Å²) < 4.78 is 6.47. The normalized spacial score (nSPS) is 15.6. The summed E-state index contributed by atoms with van der Waals surface area (Å²) >= 11 is 2.91. The number of aliphatic hydroxyl groups is 1. The third-order valence-corrected chi connectivity index (χ3v) is 14.3. The van der Waals surface area contributed by atoms with Crippen LogP contribution in [0.1, 0.15) is 83.3 Å². The number of benzene rings is 5. The highest BCUT2D eigenvalue weighted by molar-refractivity contribution is 7.22. The van der Waals surface area contributed by atoms with Crippen molar-refractivity contribution in [1.82, 2.24) is 25.9 Å². The highest BCUT2D eigenvalue weighted by Gasteiger charge is 2.44. The van der Waals surface area contributed by atoms with Gasteiger partial charge in [-0.1, -0.05) is 57.2 Å². The number of ketones is 1. The lowest BCUT2D eigenvalue weighted by atomic mass is 9.85. The number of amides is 4. The number of ether oxygens (including phenoxy) is 1. The van der Waals surface area contributed by atoms with E-state index < -0.39 is 53.8 Å². The second-order valence-corrected chi connectivity index (χ2v) is 20.3. The van der Waals surface area contributed by atoms with E-state index >= 15 is 0 Å². The molecule has 1 saturated heterocycles. The number of phenols is 2. The lowest BCUT2D eigenvalue weighted by Gasteiger charge is -2.35. The number of carbonyl (C=O) groups is 5. The molecule has 5 aromatic carbocycles. The van der Waals surface area contributed by atoms with Crippen LogP contribution in [0.4, 0.5) is 0 Å². The lowest BCUT2D eigenvalue weighted by molar-refractivity contribution is -0.144. The number of hydrazone groups is 1. The van der Waals surface area contributed by atoms with Crippen molar-refractivity contribution in [2.24, 2.45) is 10.5 Å². The Morgan fingerprint density at radius 2 is 1.49 bits per heavy atom. The minimum Gasteiger partial charge on any atom is -0.508 e. The highest BCUT2D eigenvalue weighted by atomic mass is 32.1. The number of nitrogens with zero attached hydrogens (tertiary/aromatic N) is 3. The quantitative estimate of drug-likeness (QED) is 0.0329. The molecule has 3 heterocycles. The number of aromatic nitrogens is 1. The van der Waals surface area contributed by atoms with Gasteiger partial charge in [-0.15, -0.1) is 22.7 Å². The van der Waals surface area contributed by atoms with Gasteiger partial charge in [0, 0.05) is 44.6 Å². The van der Waals surface area contributed by atoms with E-state index in [0.717, 1.165) is 32.0 Å². The van der Waals surface area contributed by atoms with E-state index in [1.165, 1.54) is 40.7 Å². The fourth-order valence-electron chi connectivity index (χ4n) is 8.29. The Hall–Kier alpha value is -7.73. The number of hydrogen-bond acceptors (Lipinski definition) is 13. The van der Waals surface area contributed by atoms with Gasteiger partial charge in [0.05, 0.1) is 34.4 Å². The third kappa shape index (κ3) is 11.5.